The molecule has 1 saturated heterocycles. The molecule has 0 saturated carbocycles. The molecule has 1 aromatic carbocycles. The number of hydrogen-bond acceptors (Lipinski definition) is 5. The van der Waals surface area contributed by atoms with Crippen molar-refractivity contribution in [1.82, 2.24) is 4.72 Å². The van der Waals surface area contributed by atoms with Crippen LogP contribution in [0.25, 0.3) is 0 Å². The first-order valence-electron chi connectivity index (χ1n) is 7.20. The van der Waals surface area contributed by atoms with Crippen LogP contribution in [-0.4, -0.2) is 39.8 Å². The summed E-state index contributed by atoms with van der Waals surface area (Å²) in [5, 5.41) is 8.99. The third kappa shape index (κ3) is 3.48. The van der Waals surface area contributed by atoms with Gasteiger partial charge < -0.3 is 15.7 Å². The van der Waals surface area contributed by atoms with Gasteiger partial charge in [-0.1, -0.05) is 0 Å². The Hall–Kier alpha value is -1.31. The Morgan fingerprint density at radius 1 is 1.48 bits per heavy atom. The van der Waals surface area contributed by atoms with Crippen molar-refractivity contribution < 1.29 is 13.5 Å². The fraction of sp³-hybridized carbons (Fsp3) is 0.571. The lowest BCUT2D eigenvalue weighted by molar-refractivity contribution is 0.279. The molecule has 1 heterocycles. The number of nitrogens with one attached hydrogen (secondary N) is 1. The summed E-state index contributed by atoms with van der Waals surface area (Å²) in [5.74, 6) is 0. The van der Waals surface area contributed by atoms with Gasteiger partial charge in [-0.05, 0) is 50.9 Å². The van der Waals surface area contributed by atoms with Crippen LogP contribution in [0.3, 0.4) is 0 Å². The Balaban J connectivity index is 2.32. The first-order valence-corrected chi connectivity index (χ1v) is 8.68. The first kappa shape index (κ1) is 16.1. The quantitative estimate of drug-likeness (QED) is 0.679. The molecule has 0 aromatic heterocycles. The molecule has 6 nitrogen and oxygen atoms in total. The lowest BCUT2D eigenvalue weighted by Gasteiger charge is -2.28. The maximum absolute atomic E-state index is 11.9. The van der Waals surface area contributed by atoms with Crippen LogP contribution in [0, 0.1) is 0 Å². The van der Waals surface area contributed by atoms with Gasteiger partial charge in [-0.2, -0.15) is 0 Å². The lowest BCUT2D eigenvalue weighted by Crippen LogP contribution is -2.30. The predicted molar refractivity (Wildman–Crippen MR) is 83.8 cm³/mol. The Kier molecular flexibility index (Phi) is 5.08. The van der Waals surface area contributed by atoms with Gasteiger partial charge >= 0.3 is 0 Å². The van der Waals surface area contributed by atoms with Crippen molar-refractivity contribution in [3.8, 4) is 0 Å². The Morgan fingerprint density at radius 2 is 2.24 bits per heavy atom. The van der Waals surface area contributed by atoms with E-state index >= 15 is 0 Å². The summed E-state index contributed by atoms with van der Waals surface area (Å²) in [5.41, 5.74) is 7.39. The van der Waals surface area contributed by atoms with E-state index in [-0.39, 0.29) is 11.5 Å². The van der Waals surface area contributed by atoms with Gasteiger partial charge in [0.05, 0.1) is 16.3 Å². The zero-order valence-electron chi connectivity index (χ0n) is 12.2. The highest BCUT2D eigenvalue weighted by Gasteiger charge is 2.26. The van der Waals surface area contributed by atoms with Crippen LogP contribution in [0.5, 0.6) is 0 Å². The SMILES string of the molecule is CNS(=O)(=O)c1ccc(N)c(N2CCCC2CCCO)c1. The van der Waals surface area contributed by atoms with Crippen LogP contribution in [-0.2, 0) is 10.0 Å². The smallest absolute Gasteiger partial charge is 0.240 e. The fourth-order valence-electron chi connectivity index (χ4n) is 2.84. The van der Waals surface area contributed by atoms with Crippen molar-refractivity contribution in [2.24, 2.45) is 0 Å². The predicted octanol–water partition coefficient (Wildman–Crippen LogP) is 0.918. The van der Waals surface area contributed by atoms with Crippen LogP contribution < -0.4 is 15.4 Å². The van der Waals surface area contributed by atoms with Gasteiger partial charge in [0.15, 0.2) is 0 Å². The highest BCUT2D eigenvalue weighted by Crippen LogP contribution is 2.33. The number of anilines is 2. The molecule has 0 aliphatic carbocycles. The third-order valence-electron chi connectivity index (χ3n) is 3.96. The maximum Gasteiger partial charge on any atom is 0.240 e. The van der Waals surface area contributed by atoms with Crippen LogP contribution in [0.1, 0.15) is 25.7 Å². The van der Waals surface area contributed by atoms with E-state index in [4.69, 9.17) is 10.8 Å². The summed E-state index contributed by atoms with van der Waals surface area (Å²) in [6.45, 7) is 1.04. The zero-order valence-corrected chi connectivity index (χ0v) is 13.1. The van der Waals surface area contributed by atoms with E-state index in [9.17, 15) is 8.42 Å². The molecular formula is C14H23N3O3S. The zero-order chi connectivity index (χ0) is 15.5. The fourth-order valence-corrected chi connectivity index (χ4v) is 3.59. The minimum atomic E-state index is -3.47. The number of sulfonamides is 1. The molecular weight excluding hydrogens is 290 g/mol. The average Bonchev–Trinajstić information content (AvgIpc) is 2.93. The topological polar surface area (TPSA) is 95.7 Å². The number of aliphatic hydroxyl groups excluding tert-OH is 1. The van der Waals surface area contributed by atoms with E-state index < -0.39 is 10.0 Å². The van der Waals surface area contributed by atoms with Crippen LogP contribution >= 0.6 is 0 Å². The van der Waals surface area contributed by atoms with E-state index in [0.717, 1.165) is 37.9 Å². The Morgan fingerprint density at radius 3 is 2.90 bits per heavy atom. The first-order chi connectivity index (χ1) is 9.99. The monoisotopic (exact) mass is 313 g/mol. The number of hydrogen-bond donors (Lipinski definition) is 3. The van der Waals surface area contributed by atoms with Crippen molar-refractivity contribution in [1.29, 1.82) is 0 Å². The second-order valence-electron chi connectivity index (χ2n) is 5.28. The number of benzene rings is 1. The minimum Gasteiger partial charge on any atom is -0.397 e. The summed E-state index contributed by atoms with van der Waals surface area (Å²) >= 11 is 0. The number of nitrogens with two attached hydrogens (primary N) is 1. The maximum atomic E-state index is 11.9. The lowest BCUT2D eigenvalue weighted by atomic mass is 10.1. The van der Waals surface area contributed by atoms with Crippen molar-refractivity contribution in [3.05, 3.63) is 18.2 Å². The molecule has 1 aliphatic heterocycles. The minimum absolute atomic E-state index is 0.175. The molecule has 1 unspecified atom stereocenters. The molecule has 118 valence electrons. The highest BCUT2D eigenvalue weighted by molar-refractivity contribution is 7.89. The molecule has 7 heteroatoms. The van der Waals surface area contributed by atoms with E-state index in [1.54, 1.807) is 12.1 Å². The van der Waals surface area contributed by atoms with Crippen molar-refractivity contribution in [2.45, 2.75) is 36.6 Å². The van der Waals surface area contributed by atoms with Gasteiger partial charge in [0.2, 0.25) is 10.0 Å². The molecule has 4 N–H and O–H groups in total. The normalized spacial score (nSPS) is 19.1. The third-order valence-corrected chi connectivity index (χ3v) is 5.37. The number of aliphatic hydroxyl groups is 1. The molecule has 2 rings (SSSR count). The Bertz CT molecular complexity index is 589. The van der Waals surface area contributed by atoms with Crippen molar-refractivity contribution in [2.75, 3.05) is 30.8 Å². The summed E-state index contributed by atoms with van der Waals surface area (Å²) in [4.78, 5) is 2.39. The number of rotatable bonds is 6. The van der Waals surface area contributed by atoms with Gasteiger partial charge in [-0.15, -0.1) is 0 Å². The van der Waals surface area contributed by atoms with Crippen LogP contribution in [0.2, 0.25) is 0 Å². The second-order valence-corrected chi connectivity index (χ2v) is 7.17. The standard InChI is InChI=1S/C14H23N3O3S/c1-16-21(19,20)12-6-7-13(15)14(10-12)17-8-2-4-11(17)5-3-9-18/h6-7,10-11,16,18H,2-5,8-9,15H2,1H3. The van der Waals surface area contributed by atoms with Crippen LogP contribution in [0.15, 0.2) is 23.1 Å². The summed E-state index contributed by atoms with van der Waals surface area (Å²) in [7, 11) is -2.08. The van der Waals surface area contributed by atoms with Crippen molar-refractivity contribution in [3.63, 3.8) is 0 Å². The van der Waals surface area contributed by atoms with E-state index in [1.165, 1.54) is 13.1 Å². The summed E-state index contributed by atoms with van der Waals surface area (Å²) in [6.07, 6.45) is 3.73. The number of nitrogens with zero attached hydrogens (tertiary/aromatic N) is 1. The van der Waals surface area contributed by atoms with Gasteiger partial charge in [0.25, 0.3) is 0 Å². The van der Waals surface area contributed by atoms with Crippen LogP contribution in [0.4, 0.5) is 11.4 Å². The van der Waals surface area contributed by atoms with Crippen molar-refractivity contribution >= 4 is 21.4 Å². The van der Waals surface area contributed by atoms with Gasteiger partial charge in [0, 0.05) is 19.2 Å². The molecule has 0 amide bonds. The molecule has 0 spiro atoms. The molecule has 1 fully saturated rings. The molecule has 21 heavy (non-hydrogen) atoms. The average molecular weight is 313 g/mol. The summed E-state index contributed by atoms with van der Waals surface area (Å²) in [6, 6.07) is 5.11. The van der Waals surface area contributed by atoms with Gasteiger partial charge in [-0.25, -0.2) is 13.1 Å². The van der Waals surface area contributed by atoms with E-state index in [1.807, 2.05) is 0 Å². The van der Waals surface area contributed by atoms with E-state index in [2.05, 4.69) is 9.62 Å². The highest BCUT2D eigenvalue weighted by atomic mass is 32.2. The largest absolute Gasteiger partial charge is 0.397 e. The van der Waals surface area contributed by atoms with E-state index in [0.29, 0.717) is 11.7 Å². The summed E-state index contributed by atoms with van der Waals surface area (Å²) < 4.78 is 26.2. The Labute approximate surface area is 126 Å². The van der Waals surface area contributed by atoms with Gasteiger partial charge in [0.1, 0.15) is 0 Å². The number of nitrogen functional groups attached to an aromatic ring is 1. The molecule has 0 radical (unpaired) electrons. The van der Waals surface area contributed by atoms with Gasteiger partial charge in [-0.3, -0.25) is 0 Å². The molecule has 1 aromatic rings. The second kappa shape index (κ2) is 6.64. The molecule has 1 atom stereocenters. The molecule has 0 bridgehead atoms. The molecule has 1 aliphatic rings.